The maximum absolute atomic E-state index is 5.84. The Morgan fingerprint density at radius 2 is 2.24 bits per heavy atom. The topological polar surface area (TPSA) is 22.1 Å². The molecule has 1 aromatic rings. The summed E-state index contributed by atoms with van der Waals surface area (Å²) in [6, 6.07) is 3.85. The van der Waals surface area contributed by atoms with Gasteiger partial charge in [-0.05, 0) is 18.4 Å². The second-order valence-corrected chi connectivity index (χ2v) is 4.60. The Balaban J connectivity index is 2.47. The van der Waals surface area contributed by atoms with Gasteiger partial charge in [0.25, 0.3) is 0 Å². The van der Waals surface area contributed by atoms with Gasteiger partial charge >= 0.3 is 0 Å². The van der Waals surface area contributed by atoms with Gasteiger partial charge in [0, 0.05) is 11.8 Å². The molecule has 1 atom stereocenters. The Hall–Kier alpha value is -0.760. The Morgan fingerprint density at radius 1 is 1.41 bits per heavy atom. The van der Waals surface area contributed by atoms with Crippen LogP contribution in [0.2, 0.25) is 0 Å². The maximum Gasteiger partial charge on any atom is 0.217 e. The summed E-state index contributed by atoms with van der Waals surface area (Å²) in [6.45, 7) is 5.18. The van der Waals surface area contributed by atoms with E-state index in [1.807, 2.05) is 12.1 Å². The third-order valence-corrected chi connectivity index (χ3v) is 3.28. The molecule has 0 bridgehead atoms. The first-order chi connectivity index (χ1) is 8.31. The lowest BCUT2D eigenvalue weighted by Crippen LogP contribution is -2.12. The molecule has 0 spiro atoms. The lowest BCUT2D eigenvalue weighted by Gasteiger charge is -2.16. The predicted molar refractivity (Wildman–Crippen MR) is 72.6 cm³/mol. The van der Waals surface area contributed by atoms with Crippen LogP contribution in [-0.4, -0.2) is 11.6 Å². The smallest absolute Gasteiger partial charge is 0.217 e. The van der Waals surface area contributed by atoms with Crippen molar-refractivity contribution in [1.29, 1.82) is 0 Å². The average molecular weight is 256 g/mol. The van der Waals surface area contributed by atoms with Crippen LogP contribution in [0.1, 0.15) is 45.1 Å². The summed E-state index contributed by atoms with van der Waals surface area (Å²) in [6.07, 6.45) is 6.65. The third kappa shape index (κ3) is 4.95. The first-order valence-electron chi connectivity index (χ1n) is 6.44. The third-order valence-electron chi connectivity index (χ3n) is 2.99. The standard InChI is InChI=1S/C14H22ClNO/c1-3-5-7-12(4-2)11-17-14-13(10-15)8-6-9-16-14/h6,8-9,12H,3-5,7,10-11H2,1-2H3. The van der Waals surface area contributed by atoms with Crippen molar-refractivity contribution in [1.82, 2.24) is 4.98 Å². The number of alkyl halides is 1. The zero-order chi connectivity index (χ0) is 12.5. The van der Waals surface area contributed by atoms with Crippen molar-refractivity contribution in [2.75, 3.05) is 6.61 Å². The lowest BCUT2D eigenvalue weighted by atomic mass is 10.0. The van der Waals surface area contributed by atoms with E-state index in [1.165, 1.54) is 19.3 Å². The molecule has 0 aromatic carbocycles. The summed E-state index contributed by atoms with van der Waals surface area (Å²) < 4.78 is 5.78. The van der Waals surface area contributed by atoms with Crippen LogP contribution in [0.3, 0.4) is 0 Å². The fourth-order valence-electron chi connectivity index (χ4n) is 1.75. The van der Waals surface area contributed by atoms with E-state index in [9.17, 15) is 0 Å². The molecular weight excluding hydrogens is 234 g/mol. The molecule has 0 N–H and O–H groups in total. The monoisotopic (exact) mass is 255 g/mol. The minimum atomic E-state index is 0.453. The van der Waals surface area contributed by atoms with Crippen molar-refractivity contribution in [2.45, 2.75) is 45.4 Å². The molecule has 0 amide bonds. The van der Waals surface area contributed by atoms with Crippen LogP contribution in [0, 0.1) is 5.92 Å². The largest absolute Gasteiger partial charge is 0.477 e. The van der Waals surface area contributed by atoms with Crippen molar-refractivity contribution < 1.29 is 4.74 Å². The summed E-state index contributed by atoms with van der Waals surface area (Å²) in [5.74, 6) is 1.77. The summed E-state index contributed by atoms with van der Waals surface area (Å²) in [7, 11) is 0. The number of rotatable bonds is 8. The molecule has 0 aliphatic carbocycles. The quantitative estimate of drug-likeness (QED) is 0.642. The van der Waals surface area contributed by atoms with Gasteiger partial charge in [-0.3, -0.25) is 0 Å². The normalized spacial score (nSPS) is 12.4. The molecule has 2 nitrogen and oxygen atoms in total. The number of hydrogen-bond donors (Lipinski definition) is 0. The van der Waals surface area contributed by atoms with Gasteiger partial charge in [0.2, 0.25) is 5.88 Å². The number of ether oxygens (including phenoxy) is 1. The second kappa shape index (κ2) is 8.35. The number of unbranched alkanes of at least 4 members (excludes halogenated alkanes) is 1. The summed E-state index contributed by atoms with van der Waals surface area (Å²) in [5, 5.41) is 0. The highest BCUT2D eigenvalue weighted by molar-refractivity contribution is 6.17. The fourth-order valence-corrected chi connectivity index (χ4v) is 1.95. The molecule has 96 valence electrons. The van der Waals surface area contributed by atoms with Gasteiger partial charge in [-0.25, -0.2) is 4.98 Å². The molecule has 1 unspecified atom stereocenters. The molecule has 1 heterocycles. The molecule has 0 aliphatic heterocycles. The van der Waals surface area contributed by atoms with Crippen molar-refractivity contribution in [2.24, 2.45) is 5.92 Å². The van der Waals surface area contributed by atoms with Crippen LogP contribution in [0.5, 0.6) is 5.88 Å². The molecule has 1 aromatic heterocycles. The predicted octanol–water partition coefficient (Wildman–Crippen LogP) is 4.42. The summed E-state index contributed by atoms with van der Waals surface area (Å²) in [4.78, 5) is 4.23. The molecule has 0 saturated heterocycles. The average Bonchev–Trinajstić information content (AvgIpc) is 2.39. The molecule has 17 heavy (non-hydrogen) atoms. The van der Waals surface area contributed by atoms with E-state index in [0.717, 1.165) is 18.6 Å². The van der Waals surface area contributed by atoms with Crippen molar-refractivity contribution in [3.05, 3.63) is 23.9 Å². The van der Waals surface area contributed by atoms with E-state index >= 15 is 0 Å². The molecular formula is C14H22ClNO. The number of pyridine rings is 1. The minimum absolute atomic E-state index is 0.453. The Morgan fingerprint density at radius 3 is 2.88 bits per heavy atom. The summed E-state index contributed by atoms with van der Waals surface area (Å²) in [5.41, 5.74) is 0.972. The van der Waals surface area contributed by atoms with Crippen LogP contribution in [-0.2, 0) is 5.88 Å². The van der Waals surface area contributed by atoms with E-state index in [0.29, 0.717) is 17.7 Å². The summed E-state index contributed by atoms with van der Waals surface area (Å²) >= 11 is 5.84. The van der Waals surface area contributed by atoms with E-state index in [4.69, 9.17) is 16.3 Å². The van der Waals surface area contributed by atoms with Crippen LogP contribution in [0.4, 0.5) is 0 Å². The molecule has 0 fully saturated rings. The van der Waals surface area contributed by atoms with Crippen LogP contribution in [0.25, 0.3) is 0 Å². The van der Waals surface area contributed by atoms with Crippen LogP contribution < -0.4 is 4.74 Å². The van der Waals surface area contributed by atoms with Gasteiger partial charge < -0.3 is 4.74 Å². The SMILES string of the molecule is CCCCC(CC)COc1ncccc1CCl. The van der Waals surface area contributed by atoms with Gasteiger partial charge in [0.05, 0.1) is 12.5 Å². The molecule has 0 radical (unpaired) electrons. The van der Waals surface area contributed by atoms with Crippen LogP contribution >= 0.6 is 11.6 Å². The van der Waals surface area contributed by atoms with Gasteiger partial charge in [-0.2, -0.15) is 0 Å². The second-order valence-electron chi connectivity index (χ2n) is 4.33. The van der Waals surface area contributed by atoms with Crippen molar-refractivity contribution in [3.8, 4) is 5.88 Å². The lowest BCUT2D eigenvalue weighted by molar-refractivity contribution is 0.224. The Labute approximate surface area is 109 Å². The highest BCUT2D eigenvalue weighted by Crippen LogP contribution is 2.19. The molecule has 1 rings (SSSR count). The minimum Gasteiger partial charge on any atom is -0.477 e. The fraction of sp³-hybridized carbons (Fsp3) is 0.643. The number of aromatic nitrogens is 1. The van der Waals surface area contributed by atoms with Crippen molar-refractivity contribution >= 4 is 11.6 Å². The zero-order valence-electron chi connectivity index (χ0n) is 10.8. The Kier molecular flexibility index (Phi) is 7.02. The van der Waals surface area contributed by atoms with Crippen molar-refractivity contribution in [3.63, 3.8) is 0 Å². The number of nitrogens with zero attached hydrogens (tertiary/aromatic N) is 1. The highest BCUT2D eigenvalue weighted by Gasteiger charge is 2.09. The van der Waals surface area contributed by atoms with Gasteiger partial charge in [0.1, 0.15) is 0 Å². The van der Waals surface area contributed by atoms with E-state index in [-0.39, 0.29) is 0 Å². The first kappa shape index (κ1) is 14.3. The van der Waals surface area contributed by atoms with E-state index < -0.39 is 0 Å². The van der Waals surface area contributed by atoms with E-state index in [2.05, 4.69) is 18.8 Å². The van der Waals surface area contributed by atoms with Gasteiger partial charge in [-0.15, -0.1) is 11.6 Å². The molecule has 0 saturated carbocycles. The van der Waals surface area contributed by atoms with Crippen LogP contribution in [0.15, 0.2) is 18.3 Å². The number of hydrogen-bond acceptors (Lipinski definition) is 2. The molecule has 3 heteroatoms. The highest BCUT2D eigenvalue weighted by atomic mass is 35.5. The first-order valence-corrected chi connectivity index (χ1v) is 6.97. The number of halogens is 1. The van der Waals surface area contributed by atoms with Gasteiger partial charge in [0.15, 0.2) is 0 Å². The van der Waals surface area contributed by atoms with E-state index in [1.54, 1.807) is 6.20 Å². The van der Waals surface area contributed by atoms with Gasteiger partial charge in [-0.1, -0.05) is 39.2 Å². The Bertz CT molecular complexity index is 317. The maximum atomic E-state index is 5.84. The zero-order valence-corrected chi connectivity index (χ0v) is 11.5. The molecule has 0 aliphatic rings.